The van der Waals surface area contributed by atoms with E-state index in [0.29, 0.717) is 24.0 Å². The van der Waals surface area contributed by atoms with Gasteiger partial charge in [0.05, 0.1) is 6.61 Å². The highest BCUT2D eigenvalue weighted by molar-refractivity contribution is 6.30. The van der Waals surface area contributed by atoms with Gasteiger partial charge in [0, 0.05) is 5.02 Å². The summed E-state index contributed by atoms with van der Waals surface area (Å²) < 4.78 is 5.20. The lowest BCUT2D eigenvalue weighted by Gasteiger charge is -2.25. The third kappa shape index (κ3) is 7.08. The van der Waals surface area contributed by atoms with Gasteiger partial charge in [0.15, 0.2) is 0 Å². The molecule has 0 aliphatic carbocycles. The number of carbonyl (C=O) groups is 1. The lowest BCUT2D eigenvalue weighted by Crippen LogP contribution is -2.45. The van der Waals surface area contributed by atoms with E-state index in [1.807, 2.05) is 31.2 Å². The summed E-state index contributed by atoms with van der Waals surface area (Å²) in [4.78, 5) is 12.2. The molecule has 1 aliphatic heterocycles. The van der Waals surface area contributed by atoms with Crippen molar-refractivity contribution < 1.29 is 9.53 Å². The van der Waals surface area contributed by atoms with Gasteiger partial charge in [0.1, 0.15) is 6.04 Å². The van der Waals surface area contributed by atoms with Gasteiger partial charge < -0.3 is 15.4 Å². The van der Waals surface area contributed by atoms with Crippen molar-refractivity contribution >= 4 is 30.0 Å². The zero-order valence-corrected chi connectivity index (χ0v) is 15.1. The molecular formula is C17H26Cl2N2O2. The molecule has 0 spiro atoms. The number of esters is 1. The van der Waals surface area contributed by atoms with Crippen molar-refractivity contribution in [3.8, 4) is 0 Å². The number of carbonyl (C=O) groups excluding carboxylic acids is 1. The number of piperidine rings is 1. The Morgan fingerprint density at radius 2 is 2.35 bits per heavy atom. The minimum Gasteiger partial charge on any atom is -0.465 e. The third-order valence-corrected chi connectivity index (χ3v) is 4.19. The highest BCUT2D eigenvalue weighted by Gasteiger charge is 2.22. The van der Waals surface area contributed by atoms with Gasteiger partial charge in [0.25, 0.3) is 0 Å². The van der Waals surface area contributed by atoms with E-state index in [2.05, 4.69) is 10.6 Å². The predicted octanol–water partition coefficient (Wildman–Crippen LogP) is 2.83. The molecule has 1 saturated heterocycles. The van der Waals surface area contributed by atoms with Gasteiger partial charge in [-0.25, -0.2) is 0 Å². The quantitative estimate of drug-likeness (QED) is 0.734. The molecule has 1 aromatic rings. The average Bonchev–Trinajstić information content (AvgIpc) is 2.52. The summed E-state index contributed by atoms with van der Waals surface area (Å²) in [6.45, 7) is 5.17. The molecule has 0 amide bonds. The number of ether oxygens (including phenoxy) is 1. The number of nitrogens with one attached hydrogen (secondary N) is 2. The summed E-state index contributed by atoms with van der Waals surface area (Å²) >= 11 is 6.02. The summed E-state index contributed by atoms with van der Waals surface area (Å²) in [7, 11) is 0. The van der Waals surface area contributed by atoms with Crippen LogP contribution in [0, 0.1) is 5.92 Å². The number of rotatable bonds is 7. The van der Waals surface area contributed by atoms with E-state index in [-0.39, 0.29) is 24.4 Å². The third-order valence-electron chi connectivity index (χ3n) is 3.95. The van der Waals surface area contributed by atoms with Crippen LogP contribution in [0.1, 0.15) is 25.3 Å². The van der Waals surface area contributed by atoms with Gasteiger partial charge >= 0.3 is 5.97 Å². The van der Waals surface area contributed by atoms with Crippen LogP contribution < -0.4 is 10.6 Å². The predicted molar refractivity (Wildman–Crippen MR) is 96.4 cm³/mol. The second kappa shape index (κ2) is 10.9. The van der Waals surface area contributed by atoms with Gasteiger partial charge in [-0.15, -0.1) is 12.4 Å². The van der Waals surface area contributed by atoms with Gasteiger partial charge in [-0.2, -0.15) is 0 Å². The van der Waals surface area contributed by atoms with Crippen LogP contribution in [0.3, 0.4) is 0 Å². The van der Waals surface area contributed by atoms with Crippen molar-refractivity contribution in [3.63, 3.8) is 0 Å². The molecule has 2 atom stereocenters. The lowest BCUT2D eigenvalue weighted by atomic mass is 9.98. The number of benzene rings is 1. The molecule has 2 unspecified atom stereocenters. The molecule has 1 fully saturated rings. The molecule has 130 valence electrons. The molecule has 2 N–H and O–H groups in total. The van der Waals surface area contributed by atoms with Crippen LogP contribution in [-0.4, -0.2) is 38.3 Å². The number of hydrogen-bond donors (Lipinski definition) is 2. The minimum absolute atomic E-state index is 0. The maximum atomic E-state index is 12.2. The minimum atomic E-state index is -0.319. The van der Waals surface area contributed by atoms with Crippen molar-refractivity contribution in [3.05, 3.63) is 34.9 Å². The first-order valence-electron chi connectivity index (χ1n) is 8.04. The zero-order chi connectivity index (χ0) is 15.8. The first-order valence-corrected chi connectivity index (χ1v) is 8.42. The fourth-order valence-corrected chi connectivity index (χ4v) is 3.00. The fourth-order valence-electron chi connectivity index (χ4n) is 2.79. The molecule has 0 aromatic heterocycles. The molecule has 2 rings (SSSR count). The fraction of sp³-hybridized carbons (Fsp3) is 0.588. The van der Waals surface area contributed by atoms with Crippen molar-refractivity contribution in [2.24, 2.45) is 5.92 Å². The van der Waals surface area contributed by atoms with Crippen molar-refractivity contribution in [2.75, 3.05) is 26.2 Å². The Bertz CT molecular complexity index is 479. The van der Waals surface area contributed by atoms with Gasteiger partial charge in [0.2, 0.25) is 0 Å². The topological polar surface area (TPSA) is 50.4 Å². The highest BCUT2D eigenvalue weighted by atomic mass is 35.5. The molecule has 23 heavy (non-hydrogen) atoms. The van der Waals surface area contributed by atoms with Gasteiger partial charge in [-0.3, -0.25) is 4.79 Å². The summed E-state index contributed by atoms with van der Waals surface area (Å²) in [5, 5.41) is 7.47. The zero-order valence-electron chi connectivity index (χ0n) is 13.5. The van der Waals surface area contributed by atoms with E-state index < -0.39 is 0 Å². The molecule has 0 radical (unpaired) electrons. The molecule has 4 nitrogen and oxygen atoms in total. The molecule has 1 aromatic carbocycles. The number of halogens is 2. The summed E-state index contributed by atoms with van der Waals surface area (Å²) in [5.41, 5.74) is 1.04. The van der Waals surface area contributed by atoms with E-state index in [4.69, 9.17) is 16.3 Å². The van der Waals surface area contributed by atoms with Crippen molar-refractivity contribution in [1.29, 1.82) is 0 Å². The van der Waals surface area contributed by atoms with Gasteiger partial charge in [-0.05, 0) is 69.4 Å². The normalized spacial score (nSPS) is 18.8. The summed E-state index contributed by atoms with van der Waals surface area (Å²) in [5.74, 6) is 0.385. The Labute approximate surface area is 149 Å². The number of hydrogen-bond acceptors (Lipinski definition) is 4. The molecule has 6 heteroatoms. The Hall–Kier alpha value is -0.810. The first kappa shape index (κ1) is 20.2. The highest BCUT2D eigenvalue weighted by Crippen LogP contribution is 2.14. The van der Waals surface area contributed by atoms with E-state index in [9.17, 15) is 4.79 Å². The molecule has 0 bridgehead atoms. The first-order chi connectivity index (χ1) is 10.7. The van der Waals surface area contributed by atoms with Crippen molar-refractivity contribution in [1.82, 2.24) is 10.6 Å². The van der Waals surface area contributed by atoms with Crippen LogP contribution in [0.25, 0.3) is 0 Å². The van der Waals surface area contributed by atoms with E-state index in [1.165, 1.54) is 12.8 Å². The Morgan fingerprint density at radius 1 is 1.52 bits per heavy atom. The lowest BCUT2D eigenvalue weighted by molar-refractivity contribution is -0.145. The van der Waals surface area contributed by atoms with E-state index in [1.54, 1.807) is 0 Å². The smallest absolute Gasteiger partial charge is 0.323 e. The maximum absolute atomic E-state index is 12.2. The van der Waals surface area contributed by atoms with Crippen LogP contribution in [0.5, 0.6) is 0 Å². The van der Waals surface area contributed by atoms with Gasteiger partial charge in [-0.1, -0.05) is 23.7 Å². The largest absolute Gasteiger partial charge is 0.465 e. The molecule has 1 heterocycles. The monoisotopic (exact) mass is 360 g/mol. The van der Waals surface area contributed by atoms with E-state index >= 15 is 0 Å². The van der Waals surface area contributed by atoms with Crippen molar-refractivity contribution in [2.45, 2.75) is 32.2 Å². The average molecular weight is 361 g/mol. The van der Waals surface area contributed by atoms with Crippen LogP contribution in [0.4, 0.5) is 0 Å². The molecule has 0 saturated carbocycles. The van der Waals surface area contributed by atoms with Crippen LogP contribution in [0.15, 0.2) is 24.3 Å². The van der Waals surface area contributed by atoms with E-state index in [0.717, 1.165) is 25.2 Å². The molecule has 1 aliphatic rings. The maximum Gasteiger partial charge on any atom is 0.323 e. The van der Waals surface area contributed by atoms with Crippen LogP contribution >= 0.6 is 24.0 Å². The molecular weight excluding hydrogens is 335 g/mol. The summed E-state index contributed by atoms with van der Waals surface area (Å²) in [6.07, 6.45) is 3.00. The standard InChI is InChI=1S/C17H25ClN2O2.ClH/c1-2-22-17(21)16(10-13-5-3-7-15(18)9-13)20-12-14-6-4-8-19-11-14;/h3,5,7,9,14,16,19-20H,2,4,6,8,10-12H2,1H3;1H. The Morgan fingerprint density at radius 3 is 3.00 bits per heavy atom. The van der Waals surface area contributed by atoms with Crippen LogP contribution in [0.2, 0.25) is 5.02 Å². The Balaban J connectivity index is 0.00000264. The SMILES string of the molecule is CCOC(=O)C(Cc1cccc(Cl)c1)NCC1CCCNC1.Cl. The summed E-state index contributed by atoms with van der Waals surface area (Å²) in [6, 6.07) is 7.32. The van der Waals surface area contributed by atoms with Crippen LogP contribution in [-0.2, 0) is 16.0 Å². The second-order valence-electron chi connectivity index (χ2n) is 5.76. The second-order valence-corrected chi connectivity index (χ2v) is 6.20. The Kier molecular flexibility index (Phi) is 9.56.